The number of nitrogens with one attached hydrogen (secondary N) is 1. The summed E-state index contributed by atoms with van der Waals surface area (Å²) in [7, 11) is 0. The molecule has 1 amide bonds. The summed E-state index contributed by atoms with van der Waals surface area (Å²) in [4.78, 5) is 19.2. The van der Waals surface area contributed by atoms with E-state index in [1.54, 1.807) is 22.7 Å². The fourth-order valence-electron chi connectivity index (χ4n) is 3.66. The van der Waals surface area contributed by atoms with Gasteiger partial charge in [-0.05, 0) is 61.6 Å². The smallest absolute Gasteiger partial charge is 0.256 e. The summed E-state index contributed by atoms with van der Waals surface area (Å²) in [5.41, 5.74) is 4.17. The van der Waals surface area contributed by atoms with Gasteiger partial charge in [0.2, 0.25) is 0 Å². The Balaban J connectivity index is 1.59. The topological polar surface area (TPSA) is 42.0 Å². The Kier molecular flexibility index (Phi) is 4.78. The zero-order chi connectivity index (χ0) is 19.1. The molecule has 3 nitrogen and oxygen atoms in total. The maximum Gasteiger partial charge on any atom is 0.256 e. The summed E-state index contributed by atoms with van der Waals surface area (Å²) >= 11 is 6.87. The molecule has 0 spiro atoms. The van der Waals surface area contributed by atoms with E-state index in [0.29, 0.717) is 5.56 Å². The quantitative estimate of drug-likeness (QED) is 0.354. The Morgan fingerprint density at radius 3 is 2.75 bits per heavy atom. The number of nitrogens with zero attached hydrogens (tertiary/aromatic N) is 1. The normalized spacial score (nSPS) is 13.5. The number of benzene rings is 2. The van der Waals surface area contributed by atoms with E-state index < -0.39 is 0 Å². The molecule has 0 atom stereocenters. The highest BCUT2D eigenvalue weighted by molar-refractivity contribution is 9.10. The van der Waals surface area contributed by atoms with Gasteiger partial charge in [0.1, 0.15) is 10.0 Å². The molecule has 2 heterocycles. The molecule has 0 aliphatic heterocycles. The minimum absolute atomic E-state index is 0.0812. The Hall–Kier alpha value is -2.02. The maximum absolute atomic E-state index is 12.9. The summed E-state index contributed by atoms with van der Waals surface area (Å²) < 4.78 is 2.08. The van der Waals surface area contributed by atoms with Crippen molar-refractivity contribution < 1.29 is 4.79 Å². The minimum Gasteiger partial charge on any atom is -0.313 e. The molecule has 0 saturated heterocycles. The van der Waals surface area contributed by atoms with Crippen molar-refractivity contribution in [1.82, 2.24) is 4.98 Å². The van der Waals surface area contributed by atoms with Gasteiger partial charge in [-0.3, -0.25) is 4.79 Å². The van der Waals surface area contributed by atoms with Crippen LogP contribution in [-0.2, 0) is 12.8 Å². The van der Waals surface area contributed by atoms with E-state index in [2.05, 4.69) is 27.3 Å². The largest absolute Gasteiger partial charge is 0.313 e. The third kappa shape index (κ3) is 3.30. The summed E-state index contributed by atoms with van der Waals surface area (Å²) in [5, 5.41) is 5.11. The first-order chi connectivity index (χ1) is 13.7. The third-order valence-corrected chi connectivity index (χ3v) is 7.75. The van der Waals surface area contributed by atoms with Gasteiger partial charge in [-0.15, -0.1) is 22.7 Å². The molecule has 0 unspecified atom stereocenters. The van der Waals surface area contributed by atoms with E-state index in [9.17, 15) is 4.79 Å². The van der Waals surface area contributed by atoms with Crippen molar-refractivity contribution in [3.8, 4) is 10.6 Å². The Bertz CT molecular complexity index is 1160. The molecule has 0 fully saturated rings. The highest BCUT2D eigenvalue weighted by Gasteiger charge is 2.25. The Labute approximate surface area is 179 Å². The second-order valence-electron chi connectivity index (χ2n) is 6.87. The van der Waals surface area contributed by atoms with Crippen LogP contribution < -0.4 is 5.32 Å². The van der Waals surface area contributed by atoms with Crippen molar-refractivity contribution in [2.45, 2.75) is 25.7 Å². The highest BCUT2D eigenvalue weighted by Crippen LogP contribution is 2.46. The van der Waals surface area contributed by atoms with Crippen LogP contribution >= 0.6 is 38.6 Å². The number of hydrogen-bond acceptors (Lipinski definition) is 4. The third-order valence-electron chi connectivity index (χ3n) is 4.99. The lowest BCUT2D eigenvalue weighted by atomic mass is 9.95. The van der Waals surface area contributed by atoms with Crippen LogP contribution in [0.25, 0.3) is 20.8 Å². The first-order valence-electron chi connectivity index (χ1n) is 9.26. The van der Waals surface area contributed by atoms with Crippen molar-refractivity contribution in [3.05, 3.63) is 69.0 Å². The molecule has 1 N–H and O–H groups in total. The van der Waals surface area contributed by atoms with Gasteiger partial charge in [-0.1, -0.05) is 34.1 Å². The van der Waals surface area contributed by atoms with E-state index in [0.717, 1.165) is 38.4 Å². The summed E-state index contributed by atoms with van der Waals surface area (Å²) in [6.07, 6.45) is 4.56. The predicted octanol–water partition coefficient (Wildman–Crippen LogP) is 6.92. The number of thiazole rings is 1. The number of carbonyl (C=O) groups is 1. The van der Waals surface area contributed by atoms with Gasteiger partial charge in [0.05, 0.1) is 10.2 Å². The lowest BCUT2D eigenvalue weighted by Crippen LogP contribution is -2.11. The number of thiophene rings is 1. The van der Waals surface area contributed by atoms with Gasteiger partial charge in [-0.2, -0.15) is 0 Å². The lowest BCUT2D eigenvalue weighted by Gasteiger charge is -2.11. The number of amides is 1. The number of rotatable bonds is 3. The number of carbonyl (C=O) groups excluding carboxylic acids is 1. The molecule has 28 heavy (non-hydrogen) atoms. The van der Waals surface area contributed by atoms with Crippen molar-refractivity contribution >= 4 is 59.7 Å². The number of anilines is 1. The monoisotopic (exact) mass is 468 g/mol. The standard InChI is InChI=1S/C22H17BrN2OS2/c23-14-7-5-6-13(12-14)20(26)25-22-19(15-8-1-3-10-17(15)27-22)21-24-16-9-2-4-11-18(16)28-21/h2,4-7,9,11-12H,1,3,8,10H2,(H,25,26). The zero-order valence-corrected chi connectivity index (χ0v) is 18.2. The summed E-state index contributed by atoms with van der Waals surface area (Å²) in [6.45, 7) is 0. The molecule has 1 aliphatic carbocycles. The molecule has 0 saturated carbocycles. The Morgan fingerprint density at radius 2 is 1.89 bits per heavy atom. The molecule has 0 bridgehead atoms. The van der Waals surface area contributed by atoms with Gasteiger partial charge >= 0.3 is 0 Å². The average Bonchev–Trinajstić information content (AvgIpc) is 3.28. The van der Waals surface area contributed by atoms with Crippen LogP contribution in [0.1, 0.15) is 33.6 Å². The predicted molar refractivity (Wildman–Crippen MR) is 122 cm³/mol. The van der Waals surface area contributed by atoms with Crippen molar-refractivity contribution in [1.29, 1.82) is 0 Å². The van der Waals surface area contributed by atoms with Crippen LogP contribution in [0.3, 0.4) is 0 Å². The highest BCUT2D eigenvalue weighted by atomic mass is 79.9. The minimum atomic E-state index is -0.0812. The van der Waals surface area contributed by atoms with Gasteiger partial charge in [0.15, 0.2) is 0 Å². The molecule has 4 aromatic rings. The molecule has 140 valence electrons. The molecule has 0 radical (unpaired) electrons. The van der Waals surface area contributed by atoms with E-state index in [-0.39, 0.29) is 5.91 Å². The average molecular weight is 469 g/mol. The maximum atomic E-state index is 12.9. The Morgan fingerprint density at radius 1 is 1.04 bits per heavy atom. The lowest BCUT2D eigenvalue weighted by molar-refractivity contribution is 0.102. The van der Waals surface area contributed by atoms with Crippen LogP contribution in [0.5, 0.6) is 0 Å². The molecule has 6 heteroatoms. The number of hydrogen-bond donors (Lipinski definition) is 1. The summed E-state index contributed by atoms with van der Waals surface area (Å²) in [5.74, 6) is -0.0812. The van der Waals surface area contributed by atoms with Gasteiger partial charge in [-0.25, -0.2) is 4.98 Å². The van der Waals surface area contributed by atoms with E-state index in [1.807, 2.05) is 42.5 Å². The molecule has 2 aromatic carbocycles. The number of aryl methyl sites for hydroxylation is 1. The number of para-hydroxylation sites is 1. The number of fused-ring (bicyclic) bond motifs is 2. The molecule has 1 aliphatic rings. The van der Waals surface area contributed by atoms with Gasteiger partial charge in [0.25, 0.3) is 5.91 Å². The second kappa shape index (κ2) is 7.43. The van der Waals surface area contributed by atoms with Crippen molar-refractivity contribution in [2.24, 2.45) is 0 Å². The van der Waals surface area contributed by atoms with Crippen molar-refractivity contribution in [2.75, 3.05) is 5.32 Å². The van der Waals surface area contributed by atoms with E-state index in [4.69, 9.17) is 4.98 Å². The SMILES string of the molecule is O=C(Nc1sc2c(c1-c1nc3ccccc3s1)CCCC2)c1cccc(Br)c1. The van der Waals surface area contributed by atoms with Gasteiger partial charge in [0, 0.05) is 20.5 Å². The fourth-order valence-corrected chi connectivity index (χ4v) is 6.46. The molecular formula is C22H17BrN2OS2. The van der Waals surface area contributed by atoms with E-state index >= 15 is 0 Å². The number of aromatic nitrogens is 1. The van der Waals surface area contributed by atoms with Crippen LogP contribution in [0.2, 0.25) is 0 Å². The van der Waals surface area contributed by atoms with Crippen LogP contribution in [0.15, 0.2) is 53.0 Å². The first kappa shape index (κ1) is 18.0. The van der Waals surface area contributed by atoms with Crippen LogP contribution in [0, 0.1) is 0 Å². The number of halogens is 1. The molecule has 2 aromatic heterocycles. The molecular weight excluding hydrogens is 452 g/mol. The zero-order valence-electron chi connectivity index (χ0n) is 15.0. The molecule has 5 rings (SSSR count). The van der Waals surface area contributed by atoms with E-state index in [1.165, 1.54) is 28.0 Å². The summed E-state index contributed by atoms with van der Waals surface area (Å²) in [6, 6.07) is 15.7. The van der Waals surface area contributed by atoms with Crippen LogP contribution in [0.4, 0.5) is 5.00 Å². The first-order valence-corrected chi connectivity index (χ1v) is 11.7. The fraction of sp³-hybridized carbons (Fsp3) is 0.182. The van der Waals surface area contributed by atoms with Crippen LogP contribution in [-0.4, -0.2) is 10.9 Å². The second-order valence-corrected chi connectivity index (χ2v) is 9.92. The van der Waals surface area contributed by atoms with Gasteiger partial charge < -0.3 is 5.32 Å². The van der Waals surface area contributed by atoms with Crippen molar-refractivity contribution in [3.63, 3.8) is 0 Å².